The summed E-state index contributed by atoms with van der Waals surface area (Å²) in [4.78, 5) is 26.7. The molecule has 3 heterocycles. The second kappa shape index (κ2) is 12.6. The van der Waals surface area contributed by atoms with Crippen molar-refractivity contribution < 1.29 is 19.1 Å². The molecule has 12 nitrogen and oxygen atoms in total. The van der Waals surface area contributed by atoms with Gasteiger partial charge >= 0.3 is 0 Å². The van der Waals surface area contributed by atoms with Crippen molar-refractivity contribution in [1.82, 2.24) is 19.9 Å². The third-order valence-electron chi connectivity index (χ3n) is 6.65. The van der Waals surface area contributed by atoms with Gasteiger partial charge in [0.25, 0.3) is 5.69 Å². The Morgan fingerprint density at radius 2 is 1.79 bits per heavy atom. The van der Waals surface area contributed by atoms with Crippen LogP contribution in [-0.4, -0.2) is 65.2 Å². The number of aromatic nitrogens is 3. The molecule has 1 atom stereocenters. The minimum Gasteiger partial charge on any atom is -0.495 e. The lowest BCUT2D eigenvalue weighted by Crippen LogP contribution is -2.21. The van der Waals surface area contributed by atoms with Crippen molar-refractivity contribution in [2.45, 2.75) is 12.5 Å². The number of anilines is 4. The average Bonchev–Trinajstić information content (AvgIpc) is 3.40. The van der Waals surface area contributed by atoms with Crippen LogP contribution >= 0.6 is 23.2 Å². The average molecular weight is 612 g/mol. The molecule has 0 bridgehead atoms. The number of pyridine rings is 1. The predicted molar refractivity (Wildman–Crippen MR) is 161 cm³/mol. The van der Waals surface area contributed by atoms with Gasteiger partial charge in [0, 0.05) is 37.0 Å². The Hall–Kier alpha value is -4.39. The number of ether oxygens (including phenoxy) is 3. The lowest BCUT2D eigenvalue weighted by atomic mass is 10.1. The lowest BCUT2D eigenvalue weighted by molar-refractivity contribution is -0.384. The summed E-state index contributed by atoms with van der Waals surface area (Å²) in [7, 11) is 4.98. The van der Waals surface area contributed by atoms with E-state index >= 15 is 0 Å². The molecule has 2 N–H and O–H groups in total. The van der Waals surface area contributed by atoms with Crippen LogP contribution in [0.25, 0.3) is 11.3 Å². The van der Waals surface area contributed by atoms with Gasteiger partial charge in [0.2, 0.25) is 0 Å². The van der Waals surface area contributed by atoms with Crippen LogP contribution in [-0.2, 0) is 0 Å². The molecule has 1 fully saturated rings. The topological polar surface area (TPSA) is 137 Å². The van der Waals surface area contributed by atoms with Gasteiger partial charge < -0.3 is 29.7 Å². The predicted octanol–water partition coefficient (Wildman–Crippen LogP) is 6.34. The van der Waals surface area contributed by atoms with Gasteiger partial charge in [0.05, 0.1) is 36.6 Å². The molecule has 1 saturated heterocycles. The Bertz CT molecular complexity index is 1600. The Labute approximate surface area is 251 Å². The standard InChI is InChI=1S/C28H27Cl2N7O5/c1-36-10-8-17(14-36)42-16-6-7-19(21(11-16)37(38)39)34-24-12-20(32-15-33-24)18-5-4-9-31-28(18)35-27-25(29)22(40-2)13-23(41-3)26(27)30/h4-7,9,11-13,15,17H,8,10,14H2,1-3H3,(H,31,35)(H,32,33,34). The maximum absolute atomic E-state index is 11.9. The van der Waals surface area contributed by atoms with Crippen molar-refractivity contribution in [2.24, 2.45) is 0 Å². The normalized spacial score (nSPS) is 14.8. The summed E-state index contributed by atoms with van der Waals surface area (Å²) >= 11 is 13.1. The summed E-state index contributed by atoms with van der Waals surface area (Å²) in [5, 5.41) is 18.6. The summed E-state index contributed by atoms with van der Waals surface area (Å²) in [5.41, 5.74) is 1.53. The van der Waals surface area contributed by atoms with Gasteiger partial charge in [-0.25, -0.2) is 15.0 Å². The van der Waals surface area contributed by atoms with E-state index in [4.69, 9.17) is 37.4 Å². The van der Waals surface area contributed by atoms with Crippen molar-refractivity contribution in [2.75, 3.05) is 45.0 Å². The van der Waals surface area contributed by atoms with Gasteiger partial charge in [-0.2, -0.15) is 0 Å². The minimum atomic E-state index is -0.461. The monoisotopic (exact) mass is 611 g/mol. The first kappa shape index (κ1) is 29.1. The molecule has 14 heteroatoms. The van der Waals surface area contributed by atoms with Gasteiger partial charge in [-0.05, 0) is 37.7 Å². The summed E-state index contributed by atoms with van der Waals surface area (Å²) in [6, 6.07) is 11.5. The molecule has 1 aliphatic rings. The van der Waals surface area contributed by atoms with Crippen molar-refractivity contribution in [3.05, 3.63) is 75.1 Å². The highest BCUT2D eigenvalue weighted by molar-refractivity contribution is 6.41. The zero-order chi connectivity index (χ0) is 29.8. The quantitative estimate of drug-likeness (QED) is 0.153. The number of methoxy groups -OCH3 is 2. The smallest absolute Gasteiger partial charge is 0.296 e. The van der Waals surface area contributed by atoms with E-state index in [1.807, 2.05) is 7.05 Å². The molecule has 4 aromatic rings. The van der Waals surface area contributed by atoms with Crippen LogP contribution in [0.1, 0.15) is 6.42 Å². The second-order valence-electron chi connectivity index (χ2n) is 9.45. The van der Waals surface area contributed by atoms with Crippen molar-refractivity contribution in [1.29, 1.82) is 0 Å². The SMILES string of the molecule is COc1cc(OC)c(Cl)c(Nc2ncccc2-c2cc(Nc3ccc(OC4CCN(C)C4)cc3[N+](=O)[O-])ncn2)c1Cl. The molecule has 5 rings (SSSR count). The minimum absolute atomic E-state index is 0.0112. The van der Waals surface area contributed by atoms with Gasteiger partial charge in [-0.3, -0.25) is 10.1 Å². The highest BCUT2D eigenvalue weighted by atomic mass is 35.5. The van der Waals surface area contributed by atoms with E-state index in [0.717, 1.165) is 19.5 Å². The Balaban J connectivity index is 1.43. The highest BCUT2D eigenvalue weighted by Gasteiger charge is 2.24. The molecule has 0 radical (unpaired) electrons. The number of halogens is 2. The zero-order valence-corrected chi connectivity index (χ0v) is 24.4. The number of hydrogen-bond donors (Lipinski definition) is 2. The molecule has 0 aliphatic carbocycles. The van der Waals surface area contributed by atoms with E-state index in [2.05, 4.69) is 30.5 Å². The second-order valence-corrected chi connectivity index (χ2v) is 10.2. The molecule has 1 aliphatic heterocycles. The van der Waals surface area contributed by atoms with Crippen LogP contribution < -0.4 is 24.8 Å². The third kappa shape index (κ3) is 6.25. The Kier molecular flexibility index (Phi) is 8.76. The Morgan fingerprint density at radius 3 is 2.45 bits per heavy atom. The van der Waals surface area contributed by atoms with Crippen LogP contribution in [0.2, 0.25) is 10.0 Å². The number of nitrogens with one attached hydrogen (secondary N) is 2. The number of likely N-dealkylation sites (N-methyl/N-ethyl adjacent to an activating group) is 1. The van der Waals surface area contributed by atoms with Crippen LogP contribution in [0.15, 0.2) is 55.0 Å². The van der Waals surface area contributed by atoms with E-state index < -0.39 is 4.92 Å². The number of likely N-dealkylation sites (tertiary alicyclic amines) is 1. The molecule has 0 saturated carbocycles. The number of nitrogens with zero attached hydrogens (tertiary/aromatic N) is 5. The molecule has 1 unspecified atom stereocenters. The Morgan fingerprint density at radius 1 is 1.02 bits per heavy atom. The van der Waals surface area contributed by atoms with Crippen LogP contribution in [0.4, 0.5) is 28.7 Å². The lowest BCUT2D eigenvalue weighted by Gasteiger charge is -2.17. The summed E-state index contributed by atoms with van der Waals surface area (Å²) in [6.45, 7) is 1.69. The maximum atomic E-state index is 11.9. The van der Waals surface area contributed by atoms with Crippen molar-refractivity contribution >= 4 is 51.9 Å². The molecule has 218 valence electrons. The van der Waals surface area contributed by atoms with Gasteiger partial charge in [0.15, 0.2) is 0 Å². The number of rotatable bonds is 10. The van der Waals surface area contributed by atoms with E-state index in [-0.39, 0.29) is 27.5 Å². The fourth-order valence-electron chi connectivity index (χ4n) is 4.56. The fourth-order valence-corrected chi connectivity index (χ4v) is 5.16. The number of hydrogen-bond acceptors (Lipinski definition) is 11. The number of benzene rings is 2. The van der Waals surface area contributed by atoms with Gasteiger partial charge in [-0.1, -0.05) is 23.2 Å². The third-order valence-corrected chi connectivity index (χ3v) is 7.40. The molecule has 0 amide bonds. The highest BCUT2D eigenvalue weighted by Crippen LogP contribution is 2.46. The first-order valence-electron chi connectivity index (χ1n) is 12.8. The first-order chi connectivity index (χ1) is 20.3. The summed E-state index contributed by atoms with van der Waals surface area (Å²) in [5.74, 6) is 1.89. The molecule has 0 spiro atoms. The molecular weight excluding hydrogens is 585 g/mol. The molecule has 2 aromatic carbocycles. The first-order valence-corrected chi connectivity index (χ1v) is 13.6. The number of nitro benzene ring substituents is 1. The van der Waals surface area contributed by atoms with Crippen LogP contribution in [0.3, 0.4) is 0 Å². The van der Waals surface area contributed by atoms with Crippen molar-refractivity contribution in [3.63, 3.8) is 0 Å². The zero-order valence-electron chi connectivity index (χ0n) is 22.9. The van der Waals surface area contributed by atoms with Crippen LogP contribution in [0, 0.1) is 10.1 Å². The molecule has 2 aromatic heterocycles. The molecule has 42 heavy (non-hydrogen) atoms. The number of nitro groups is 1. The van der Waals surface area contributed by atoms with E-state index in [1.165, 1.54) is 26.6 Å². The summed E-state index contributed by atoms with van der Waals surface area (Å²) in [6.07, 6.45) is 3.80. The van der Waals surface area contributed by atoms with E-state index in [1.54, 1.807) is 42.6 Å². The maximum Gasteiger partial charge on any atom is 0.296 e. The fraction of sp³-hybridized carbons (Fsp3) is 0.250. The summed E-state index contributed by atoms with van der Waals surface area (Å²) < 4.78 is 16.7. The molecular formula is C28H27Cl2N7O5. The van der Waals surface area contributed by atoms with E-state index in [9.17, 15) is 10.1 Å². The van der Waals surface area contributed by atoms with Gasteiger partial charge in [0.1, 0.15) is 57.0 Å². The largest absolute Gasteiger partial charge is 0.495 e. The van der Waals surface area contributed by atoms with E-state index in [0.29, 0.717) is 45.8 Å². The van der Waals surface area contributed by atoms with Crippen LogP contribution in [0.5, 0.6) is 17.2 Å². The van der Waals surface area contributed by atoms with Crippen molar-refractivity contribution in [3.8, 4) is 28.5 Å². The van der Waals surface area contributed by atoms with Gasteiger partial charge in [-0.15, -0.1) is 0 Å².